The number of nitrogens with one attached hydrogen (secondary N) is 1. The maximum absolute atomic E-state index is 4.59. The van der Waals surface area contributed by atoms with Crippen molar-refractivity contribution in [1.82, 2.24) is 10.3 Å². The predicted molar refractivity (Wildman–Crippen MR) is 80.8 cm³/mol. The molecule has 1 saturated carbocycles. The van der Waals surface area contributed by atoms with Crippen LogP contribution in [-0.4, -0.2) is 31.2 Å². The minimum Gasteiger partial charge on any atom is -0.373 e. The third kappa shape index (κ3) is 2.87. The number of likely N-dealkylation sites (N-methyl/N-ethyl adjacent to an activating group) is 1. The number of aromatic nitrogens is 1. The fraction of sp³-hybridized carbons (Fsp3) is 0.438. The number of pyridine rings is 1. The van der Waals surface area contributed by atoms with Gasteiger partial charge in [0.15, 0.2) is 0 Å². The Morgan fingerprint density at radius 1 is 1.32 bits per heavy atom. The second-order valence-corrected chi connectivity index (χ2v) is 5.45. The molecule has 0 saturated heterocycles. The first-order valence-corrected chi connectivity index (χ1v) is 7.05. The van der Waals surface area contributed by atoms with Crippen molar-refractivity contribution in [3.8, 4) is 0 Å². The molecule has 0 aliphatic heterocycles. The number of anilines is 1. The second kappa shape index (κ2) is 5.17. The Morgan fingerprint density at radius 3 is 2.89 bits per heavy atom. The van der Waals surface area contributed by atoms with Crippen molar-refractivity contribution in [2.24, 2.45) is 0 Å². The van der Waals surface area contributed by atoms with Gasteiger partial charge in [-0.1, -0.05) is 18.2 Å². The van der Waals surface area contributed by atoms with E-state index in [9.17, 15) is 0 Å². The van der Waals surface area contributed by atoms with E-state index < -0.39 is 0 Å². The summed E-state index contributed by atoms with van der Waals surface area (Å²) < 4.78 is 0. The lowest BCUT2D eigenvalue weighted by Gasteiger charge is -2.21. The van der Waals surface area contributed by atoms with Crippen LogP contribution in [0, 0.1) is 6.92 Å². The molecule has 0 amide bonds. The van der Waals surface area contributed by atoms with Gasteiger partial charge >= 0.3 is 0 Å². The molecule has 0 spiro atoms. The van der Waals surface area contributed by atoms with Crippen LogP contribution in [0.3, 0.4) is 0 Å². The number of benzene rings is 1. The maximum Gasteiger partial charge on any atom is 0.0726 e. The van der Waals surface area contributed by atoms with Gasteiger partial charge in [-0.05, 0) is 31.9 Å². The smallest absolute Gasteiger partial charge is 0.0726 e. The summed E-state index contributed by atoms with van der Waals surface area (Å²) in [4.78, 5) is 6.92. The minimum atomic E-state index is 0.782. The van der Waals surface area contributed by atoms with Crippen LogP contribution in [0.25, 0.3) is 10.9 Å². The van der Waals surface area contributed by atoms with Crippen molar-refractivity contribution < 1.29 is 0 Å². The Bertz CT molecular complexity index is 575. The Kier molecular flexibility index (Phi) is 3.38. The third-order valence-electron chi connectivity index (χ3n) is 3.69. The average Bonchev–Trinajstić information content (AvgIpc) is 3.21. The summed E-state index contributed by atoms with van der Waals surface area (Å²) in [6.07, 6.45) is 2.70. The number of hydrogen-bond donors (Lipinski definition) is 1. The van der Waals surface area contributed by atoms with E-state index in [0.29, 0.717) is 0 Å². The zero-order valence-electron chi connectivity index (χ0n) is 11.7. The molecule has 1 aromatic heterocycles. The van der Waals surface area contributed by atoms with Gasteiger partial charge in [-0.15, -0.1) is 0 Å². The standard InChI is InChI=1S/C16H21N3/c1-12-11-16(14-5-3-4-6-15(14)18-12)19(2)10-9-17-13-7-8-13/h3-6,11,13,17H,7-10H2,1-2H3. The molecular formula is C16H21N3. The van der Waals surface area contributed by atoms with Gasteiger partial charge in [-0.25, -0.2) is 0 Å². The first-order valence-electron chi connectivity index (χ1n) is 7.05. The van der Waals surface area contributed by atoms with Gasteiger partial charge in [0, 0.05) is 42.9 Å². The van der Waals surface area contributed by atoms with Gasteiger partial charge in [-0.3, -0.25) is 4.98 Å². The van der Waals surface area contributed by atoms with Crippen LogP contribution in [0.15, 0.2) is 30.3 Å². The molecule has 19 heavy (non-hydrogen) atoms. The van der Waals surface area contributed by atoms with E-state index in [0.717, 1.165) is 30.3 Å². The van der Waals surface area contributed by atoms with Crippen LogP contribution in [0.5, 0.6) is 0 Å². The molecular weight excluding hydrogens is 234 g/mol. The van der Waals surface area contributed by atoms with E-state index in [1.807, 2.05) is 6.07 Å². The maximum atomic E-state index is 4.59. The molecule has 3 nitrogen and oxygen atoms in total. The second-order valence-electron chi connectivity index (χ2n) is 5.45. The van der Waals surface area contributed by atoms with Crippen LogP contribution in [0.1, 0.15) is 18.5 Å². The summed E-state index contributed by atoms with van der Waals surface area (Å²) in [6.45, 7) is 4.15. The van der Waals surface area contributed by atoms with Crippen molar-refractivity contribution in [1.29, 1.82) is 0 Å². The lowest BCUT2D eigenvalue weighted by Crippen LogP contribution is -2.30. The minimum absolute atomic E-state index is 0.782. The zero-order valence-corrected chi connectivity index (χ0v) is 11.7. The highest BCUT2D eigenvalue weighted by atomic mass is 15.1. The predicted octanol–water partition coefficient (Wildman–Crippen LogP) is 2.73. The van der Waals surface area contributed by atoms with Gasteiger partial charge in [0.25, 0.3) is 0 Å². The van der Waals surface area contributed by atoms with Crippen LogP contribution in [0.4, 0.5) is 5.69 Å². The number of aryl methyl sites for hydroxylation is 1. The number of nitrogens with zero attached hydrogens (tertiary/aromatic N) is 2. The van der Waals surface area contributed by atoms with Crippen LogP contribution >= 0.6 is 0 Å². The van der Waals surface area contributed by atoms with Crippen LogP contribution in [-0.2, 0) is 0 Å². The topological polar surface area (TPSA) is 28.2 Å². The fourth-order valence-corrected chi connectivity index (χ4v) is 2.45. The normalized spacial score (nSPS) is 14.8. The lowest BCUT2D eigenvalue weighted by atomic mass is 10.1. The quantitative estimate of drug-likeness (QED) is 0.890. The van der Waals surface area contributed by atoms with Crippen molar-refractivity contribution >= 4 is 16.6 Å². The summed E-state index contributed by atoms with van der Waals surface area (Å²) in [5.41, 5.74) is 3.44. The molecule has 1 heterocycles. The molecule has 3 rings (SSSR count). The third-order valence-corrected chi connectivity index (χ3v) is 3.69. The molecule has 100 valence electrons. The van der Waals surface area contributed by atoms with E-state index >= 15 is 0 Å². The molecule has 1 aliphatic carbocycles. The number of hydrogen-bond acceptors (Lipinski definition) is 3. The van der Waals surface area contributed by atoms with Gasteiger partial charge in [0.05, 0.1) is 5.52 Å². The molecule has 0 unspecified atom stereocenters. The van der Waals surface area contributed by atoms with Gasteiger partial charge in [-0.2, -0.15) is 0 Å². The van der Waals surface area contributed by atoms with Crippen molar-refractivity contribution in [3.05, 3.63) is 36.0 Å². The molecule has 0 atom stereocenters. The largest absolute Gasteiger partial charge is 0.373 e. The summed E-state index contributed by atoms with van der Waals surface area (Å²) in [5, 5.41) is 4.80. The zero-order chi connectivity index (χ0) is 13.2. The summed E-state index contributed by atoms with van der Waals surface area (Å²) in [7, 11) is 2.16. The summed E-state index contributed by atoms with van der Waals surface area (Å²) in [5.74, 6) is 0. The van der Waals surface area contributed by atoms with E-state index in [1.54, 1.807) is 0 Å². The Morgan fingerprint density at radius 2 is 2.11 bits per heavy atom. The molecule has 1 aliphatic rings. The summed E-state index contributed by atoms with van der Waals surface area (Å²) >= 11 is 0. The lowest BCUT2D eigenvalue weighted by molar-refractivity contribution is 0.675. The number of fused-ring (bicyclic) bond motifs is 1. The number of rotatable bonds is 5. The number of para-hydroxylation sites is 1. The highest BCUT2D eigenvalue weighted by molar-refractivity contribution is 5.91. The molecule has 1 fully saturated rings. The monoisotopic (exact) mass is 255 g/mol. The van der Waals surface area contributed by atoms with E-state index in [1.165, 1.54) is 23.9 Å². The van der Waals surface area contributed by atoms with E-state index in [-0.39, 0.29) is 0 Å². The van der Waals surface area contributed by atoms with E-state index in [2.05, 4.69) is 53.4 Å². The molecule has 1 aromatic carbocycles. The molecule has 3 heteroatoms. The molecule has 0 radical (unpaired) electrons. The van der Waals surface area contributed by atoms with E-state index in [4.69, 9.17) is 0 Å². The van der Waals surface area contributed by atoms with Gasteiger partial charge < -0.3 is 10.2 Å². The Hall–Kier alpha value is -1.61. The Balaban J connectivity index is 1.81. The average molecular weight is 255 g/mol. The highest BCUT2D eigenvalue weighted by Crippen LogP contribution is 2.25. The Labute approximate surface area is 114 Å². The van der Waals surface area contributed by atoms with Crippen molar-refractivity contribution in [2.45, 2.75) is 25.8 Å². The fourth-order valence-electron chi connectivity index (χ4n) is 2.45. The molecule has 2 aromatic rings. The summed E-state index contributed by atoms with van der Waals surface area (Å²) in [6, 6.07) is 11.3. The van der Waals surface area contributed by atoms with Crippen molar-refractivity contribution in [3.63, 3.8) is 0 Å². The SMILES string of the molecule is Cc1cc(N(C)CCNC2CC2)c2ccccc2n1. The molecule has 0 bridgehead atoms. The van der Waals surface area contributed by atoms with Crippen LogP contribution in [0.2, 0.25) is 0 Å². The van der Waals surface area contributed by atoms with Crippen molar-refractivity contribution in [2.75, 3.05) is 25.0 Å². The molecule has 1 N–H and O–H groups in total. The van der Waals surface area contributed by atoms with Gasteiger partial charge in [0.1, 0.15) is 0 Å². The first-order chi connectivity index (χ1) is 9.24. The van der Waals surface area contributed by atoms with Crippen LogP contribution < -0.4 is 10.2 Å². The first kappa shape index (κ1) is 12.4. The van der Waals surface area contributed by atoms with Gasteiger partial charge in [0.2, 0.25) is 0 Å². The highest BCUT2D eigenvalue weighted by Gasteiger charge is 2.20.